The van der Waals surface area contributed by atoms with Crippen LogP contribution < -0.4 is 0 Å². The summed E-state index contributed by atoms with van der Waals surface area (Å²) >= 11 is 2.98. The Morgan fingerprint density at radius 3 is 2.17 bits per heavy atom. The van der Waals surface area contributed by atoms with Gasteiger partial charge in [0.1, 0.15) is 0 Å². The molecule has 0 heterocycles. The minimum Gasteiger partial charge on any atom is -0.330 e. The molecule has 0 radical (unpaired) electrons. The van der Waals surface area contributed by atoms with Gasteiger partial charge in [0.05, 0.1) is 4.48 Å². The van der Waals surface area contributed by atoms with Gasteiger partial charge in [-0.15, -0.1) is 0 Å². The maximum atomic E-state index is 11.2. The molecule has 0 bridgehead atoms. The van der Waals surface area contributed by atoms with E-state index in [0.29, 0.717) is 10.8 Å². The molecule has 0 aromatic rings. The average molecular weight is 235 g/mol. The first-order valence-corrected chi connectivity index (χ1v) is 4.05. The fraction of sp³-hybridized carbons (Fsp3) is 0.429. The fourth-order valence-corrected chi connectivity index (χ4v) is 0.893. The van der Waals surface area contributed by atoms with E-state index in [2.05, 4.69) is 15.9 Å². The summed E-state index contributed by atoms with van der Waals surface area (Å²) in [6, 6.07) is -0.186. The lowest BCUT2D eigenvalue weighted by Crippen LogP contribution is -2.32. The molecule has 0 aliphatic carbocycles. The summed E-state index contributed by atoms with van der Waals surface area (Å²) in [4.78, 5) is 24.1. The Morgan fingerprint density at radius 2 is 1.83 bits per heavy atom. The minimum atomic E-state index is -0.186. The van der Waals surface area contributed by atoms with Crippen LogP contribution in [-0.2, 0) is 4.79 Å². The minimum absolute atomic E-state index is 0.186. The van der Waals surface area contributed by atoms with E-state index in [-0.39, 0.29) is 6.03 Å². The summed E-state index contributed by atoms with van der Waals surface area (Å²) in [6.45, 7) is 0. The van der Waals surface area contributed by atoms with Crippen molar-refractivity contribution in [2.75, 3.05) is 21.1 Å². The number of halogens is 1. The van der Waals surface area contributed by atoms with Gasteiger partial charge in [-0.2, -0.15) is 0 Å². The molecule has 2 amide bonds. The second kappa shape index (κ2) is 4.92. The number of carbonyl (C=O) groups is 2. The van der Waals surface area contributed by atoms with E-state index in [4.69, 9.17) is 0 Å². The molecule has 0 spiro atoms. The standard InChI is InChI=1S/C7H11BrN2O2/c1-9(2)7(12)10(3)4-6(8)5-11/h4-5H,1-3H3/b6-4+. The first kappa shape index (κ1) is 11.2. The highest BCUT2D eigenvalue weighted by Gasteiger charge is 2.07. The van der Waals surface area contributed by atoms with Gasteiger partial charge in [-0.1, -0.05) is 0 Å². The van der Waals surface area contributed by atoms with Gasteiger partial charge in [0.15, 0.2) is 6.29 Å². The van der Waals surface area contributed by atoms with Crippen LogP contribution in [0.25, 0.3) is 0 Å². The van der Waals surface area contributed by atoms with Gasteiger partial charge in [-0.05, 0) is 15.9 Å². The van der Waals surface area contributed by atoms with Crippen LogP contribution in [-0.4, -0.2) is 43.3 Å². The summed E-state index contributed by atoms with van der Waals surface area (Å²) in [6.07, 6.45) is 2.04. The zero-order chi connectivity index (χ0) is 9.72. The van der Waals surface area contributed by atoms with Crippen molar-refractivity contribution < 1.29 is 9.59 Å². The summed E-state index contributed by atoms with van der Waals surface area (Å²) in [7, 11) is 4.86. The van der Waals surface area contributed by atoms with Crippen molar-refractivity contribution >= 4 is 28.2 Å². The number of rotatable bonds is 2. The third-order valence-electron chi connectivity index (χ3n) is 1.11. The molecule has 0 atom stereocenters. The normalized spacial score (nSPS) is 10.8. The number of urea groups is 1. The zero-order valence-electron chi connectivity index (χ0n) is 7.24. The number of amides is 2. The number of allylic oxidation sites excluding steroid dienone is 1. The Bertz CT molecular complexity index is 213. The number of hydrogen-bond donors (Lipinski definition) is 0. The largest absolute Gasteiger partial charge is 0.330 e. The topological polar surface area (TPSA) is 40.6 Å². The molecule has 0 aliphatic rings. The summed E-state index contributed by atoms with van der Waals surface area (Å²) in [5.41, 5.74) is 0. The van der Waals surface area contributed by atoms with E-state index in [1.807, 2.05) is 0 Å². The molecule has 0 aliphatic heterocycles. The molecule has 68 valence electrons. The second-order valence-corrected chi connectivity index (χ2v) is 3.34. The van der Waals surface area contributed by atoms with Crippen molar-refractivity contribution in [1.29, 1.82) is 0 Å². The number of nitrogens with zero attached hydrogens (tertiary/aromatic N) is 2. The third kappa shape index (κ3) is 3.52. The SMILES string of the molecule is CN(C)C(=O)N(C)/C=C(/Br)C=O. The van der Waals surface area contributed by atoms with Crippen molar-refractivity contribution in [2.24, 2.45) is 0 Å². The van der Waals surface area contributed by atoms with Gasteiger partial charge < -0.3 is 9.80 Å². The van der Waals surface area contributed by atoms with E-state index in [9.17, 15) is 9.59 Å². The molecule has 4 nitrogen and oxygen atoms in total. The van der Waals surface area contributed by atoms with Crippen molar-refractivity contribution in [3.8, 4) is 0 Å². The molecule has 0 N–H and O–H groups in total. The molecule has 0 aromatic heterocycles. The third-order valence-corrected chi connectivity index (χ3v) is 1.51. The van der Waals surface area contributed by atoms with Crippen molar-refractivity contribution in [3.05, 3.63) is 10.7 Å². The predicted octanol–water partition coefficient (Wildman–Crippen LogP) is 1.04. The molecule has 0 aromatic carbocycles. The lowest BCUT2D eigenvalue weighted by molar-refractivity contribution is -0.104. The van der Waals surface area contributed by atoms with Crippen LogP contribution in [0.5, 0.6) is 0 Å². The van der Waals surface area contributed by atoms with E-state index >= 15 is 0 Å². The number of carbonyl (C=O) groups excluding carboxylic acids is 2. The van der Waals surface area contributed by atoms with Crippen molar-refractivity contribution in [1.82, 2.24) is 9.80 Å². The Morgan fingerprint density at radius 1 is 1.33 bits per heavy atom. The zero-order valence-corrected chi connectivity index (χ0v) is 8.83. The van der Waals surface area contributed by atoms with Crippen molar-refractivity contribution in [2.45, 2.75) is 0 Å². The van der Waals surface area contributed by atoms with E-state index in [1.54, 1.807) is 21.1 Å². The monoisotopic (exact) mass is 234 g/mol. The first-order chi connectivity index (χ1) is 5.49. The summed E-state index contributed by atoms with van der Waals surface area (Å²) in [5, 5.41) is 0. The molecule has 0 saturated heterocycles. The Hall–Kier alpha value is -0.840. The summed E-state index contributed by atoms with van der Waals surface area (Å²) < 4.78 is 0.334. The maximum Gasteiger partial charge on any atom is 0.323 e. The van der Waals surface area contributed by atoms with Crippen LogP contribution >= 0.6 is 15.9 Å². The lowest BCUT2D eigenvalue weighted by Gasteiger charge is -2.17. The first-order valence-electron chi connectivity index (χ1n) is 3.25. The molecular formula is C7H11BrN2O2. The van der Waals surface area contributed by atoms with Gasteiger partial charge in [-0.3, -0.25) is 4.79 Å². The van der Waals surface area contributed by atoms with Gasteiger partial charge in [-0.25, -0.2) is 4.79 Å². The predicted molar refractivity (Wildman–Crippen MR) is 49.9 cm³/mol. The molecule has 0 unspecified atom stereocenters. The lowest BCUT2D eigenvalue weighted by atomic mass is 10.6. The fourth-order valence-electron chi connectivity index (χ4n) is 0.586. The smallest absolute Gasteiger partial charge is 0.323 e. The Kier molecular flexibility index (Phi) is 4.58. The van der Waals surface area contributed by atoms with Crippen LogP contribution in [0, 0.1) is 0 Å². The van der Waals surface area contributed by atoms with Crippen LogP contribution in [0.15, 0.2) is 10.7 Å². The highest BCUT2D eigenvalue weighted by Crippen LogP contribution is 2.02. The molecule has 0 rings (SSSR count). The molecule has 12 heavy (non-hydrogen) atoms. The maximum absolute atomic E-state index is 11.2. The summed E-state index contributed by atoms with van der Waals surface area (Å²) in [5.74, 6) is 0. The van der Waals surface area contributed by atoms with Crippen LogP contribution in [0.1, 0.15) is 0 Å². The van der Waals surface area contributed by atoms with Crippen LogP contribution in [0.4, 0.5) is 4.79 Å². The van der Waals surface area contributed by atoms with Crippen LogP contribution in [0.2, 0.25) is 0 Å². The van der Waals surface area contributed by atoms with Gasteiger partial charge in [0, 0.05) is 27.3 Å². The molecular weight excluding hydrogens is 224 g/mol. The van der Waals surface area contributed by atoms with E-state index < -0.39 is 0 Å². The Balaban J connectivity index is 4.31. The van der Waals surface area contributed by atoms with Crippen molar-refractivity contribution in [3.63, 3.8) is 0 Å². The number of aldehydes is 1. The molecule has 5 heteroatoms. The second-order valence-electron chi connectivity index (χ2n) is 2.42. The Labute approximate surface area is 79.9 Å². The number of hydrogen-bond acceptors (Lipinski definition) is 2. The van der Waals surface area contributed by atoms with E-state index in [0.717, 1.165) is 0 Å². The molecule has 0 fully saturated rings. The molecule has 0 saturated carbocycles. The van der Waals surface area contributed by atoms with E-state index in [1.165, 1.54) is 16.0 Å². The van der Waals surface area contributed by atoms with Gasteiger partial charge in [0.2, 0.25) is 0 Å². The van der Waals surface area contributed by atoms with Crippen LogP contribution in [0.3, 0.4) is 0 Å². The highest BCUT2D eigenvalue weighted by atomic mass is 79.9. The highest BCUT2D eigenvalue weighted by molar-refractivity contribution is 9.12. The average Bonchev–Trinajstić information content (AvgIpc) is 2.02. The van der Waals surface area contributed by atoms with Gasteiger partial charge in [0.25, 0.3) is 0 Å². The quantitative estimate of drug-likeness (QED) is 0.530. The van der Waals surface area contributed by atoms with Gasteiger partial charge >= 0.3 is 6.03 Å².